The van der Waals surface area contributed by atoms with Crippen molar-refractivity contribution in [3.8, 4) is 0 Å². The molecule has 2 N–H and O–H groups in total. The first-order valence-corrected chi connectivity index (χ1v) is 7.10. The lowest BCUT2D eigenvalue weighted by Crippen LogP contribution is -2.26. The Bertz CT molecular complexity index is 586. The van der Waals surface area contributed by atoms with Gasteiger partial charge in [-0.25, -0.2) is 9.37 Å². The zero-order chi connectivity index (χ0) is 13.4. The van der Waals surface area contributed by atoms with Gasteiger partial charge in [-0.2, -0.15) is 0 Å². The third-order valence-electron chi connectivity index (χ3n) is 3.90. The van der Waals surface area contributed by atoms with Crippen molar-refractivity contribution in [3.05, 3.63) is 29.8 Å². The number of halogens is 1. The van der Waals surface area contributed by atoms with Crippen LogP contribution in [0, 0.1) is 11.7 Å². The molecule has 1 fully saturated rings. The molecular formula is C15H20FN3. The number of aromatic nitrogens is 2. The van der Waals surface area contributed by atoms with Crippen LogP contribution in [0.5, 0.6) is 0 Å². The van der Waals surface area contributed by atoms with E-state index in [2.05, 4.69) is 16.5 Å². The Kier molecular flexibility index (Phi) is 3.27. The van der Waals surface area contributed by atoms with Crippen molar-refractivity contribution in [1.82, 2.24) is 9.55 Å². The van der Waals surface area contributed by atoms with Crippen molar-refractivity contribution in [2.75, 3.05) is 0 Å². The number of fused-ring (bicyclic) bond motifs is 1. The van der Waals surface area contributed by atoms with Gasteiger partial charge in [0.2, 0.25) is 0 Å². The number of nitrogens with zero attached hydrogens (tertiary/aromatic N) is 2. The molecule has 0 bridgehead atoms. The zero-order valence-electron chi connectivity index (χ0n) is 11.3. The summed E-state index contributed by atoms with van der Waals surface area (Å²) in [4.78, 5) is 4.49. The number of aryl methyl sites for hydroxylation is 1. The topological polar surface area (TPSA) is 43.8 Å². The van der Waals surface area contributed by atoms with Crippen LogP contribution in [0.15, 0.2) is 18.2 Å². The minimum atomic E-state index is -0.242. The van der Waals surface area contributed by atoms with E-state index in [0.29, 0.717) is 11.4 Å². The normalized spacial score (nSPS) is 17.0. The molecule has 4 heteroatoms. The van der Waals surface area contributed by atoms with Gasteiger partial charge in [-0.1, -0.05) is 13.0 Å². The van der Waals surface area contributed by atoms with Crippen LogP contribution in [0.25, 0.3) is 11.0 Å². The minimum Gasteiger partial charge on any atom is -0.328 e. The summed E-state index contributed by atoms with van der Waals surface area (Å²) in [6, 6.07) is 5.31. The highest BCUT2D eigenvalue weighted by Gasteiger charge is 2.29. The molecule has 0 amide bonds. The Morgan fingerprint density at radius 3 is 2.95 bits per heavy atom. The van der Waals surface area contributed by atoms with Crippen molar-refractivity contribution < 1.29 is 4.39 Å². The molecule has 102 valence electrons. The number of imidazole rings is 1. The molecule has 1 saturated carbocycles. The van der Waals surface area contributed by atoms with E-state index in [1.54, 1.807) is 6.07 Å². The van der Waals surface area contributed by atoms with Crippen molar-refractivity contribution in [1.29, 1.82) is 0 Å². The van der Waals surface area contributed by atoms with Gasteiger partial charge in [-0.3, -0.25) is 0 Å². The second-order valence-electron chi connectivity index (χ2n) is 5.49. The van der Waals surface area contributed by atoms with Gasteiger partial charge in [-0.15, -0.1) is 0 Å². The highest BCUT2D eigenvalue weighted by atomic mass is 19.1. The largest absolute Gasteiger partial charge is 0.328 e. The van der Waals surface area contributed by atoms with Crippen LogP contribution in [-0.4, -0.2) is 15.6 Å². The Balaban J connectivity index is 2.00. The molecular weight excluding hydrogens is 241 g/mol. The first kappa shape index (κ1) is 12.6. The van der Waals surface area contributed by atoms with Gasteiger partial charge in [0.15, 0.2) is 5.82 Å². The summed E-state index contributed by atoms with van der Waals surface area (Å²) in [5, 5.41) is 0. The van der Waals surface area contributed by atoms with E-state index >= 15 is 0 Å². The molecule has 3 rings (SSSR count). The predicted octanol–water partition coefficient (Wildman–Crippen LogP) is 2.87. The number of hydrogen-bond acceptors (Lipinski definition) is 2. The highest BCUT2D eigenvalue weighted by molar-refractivity contribution is 5.76. The fourth-order valence-corrected chi connectivity index (χ4v) is 2.69. The summed E-state index contributed by atoms with van der Waals surface area (Å²) in [6.07, 6.45) is 4.21. The van der Waals surface area contributed by atoms with Gasteiger partial charge in [-0.05, 0) is 37.3 Å². The predicted molar refractivity (Wildman–Crippen MR) is 74.4 cm³/mol. The van der Waals surface area contributed by atoms with Crippen LogP contribution in [0.2, 0.25) is 0 Å². The van der Waals surface area contributed by atoms with E-state index in [0.717, 1.165) is 30.7 Å². The van der Waals surface area contributed by atoms with Crippen LogP contribution in [0.4, 0.5) is 4.39 Å². The maximum Gasteiger partial charge on any atom is 0.151 e. The van der Waals surface area contributed by atoms with Gasteiger partial charge in [0.1, 0.15) is 11.3 Å². The van der Waals surface area contributed by atoms with E-state index < -0.39 is 0 Å². The summed E-state index contributed by atoms with van der Waals surface area (Å²) in [5.41, 5.74) is 7.56. The van der Waals surface area contributed by atoms with Crippen LogP contribution in [0.3, 0.4) is 0 Å². The maximum atomic E-state index is 13.8. The monoisotopic (exact) mass is 261 g/mol. The lowest BCUT2D eigenvalue weighted by Gasteiger charge is -2.12. The molecule has 2 aromatic rings. The molecule has 1 aromatic carbocycles. The highest BCUT2D eigenvalue weighted by Crippen LogP contribution is 2.33. The fourth-order valence-electron chi connectivity index (χ4n) is 2.69. The van der Waals surface area contributed by atoms with E-state index in [-0.39, 0.29) is 11.9 Å². The summed E-state index contributed by atoms with van der Waals surface area (Å²) in [7, 11) is 0. The van der Waals surface area contributed by atoms with Gasteiger partial charge >= 0.3 is 0 Å². The lowest BCUT2D eigenvalue weighted by atomic mass is 10.1. The molecule has 1 aliphatic carbocycles. The number of benzene rings is 1. The molecule has 1 aliphatic rings. The van der Waals surface area contributed by atoms with Gasteiger partial charge in [0.05, 0.1) is 5.52 Å². The Hall–Kier alpha value is -1.42. The molecule has 0 spiro atoms. The lowest BCUT2D eigenvalue weighted by molar-refractivity contribution is 0.548. The van der Waals surface area contributed by atoms with Crippen molar-refractivity contribution in [2.24, 2.45) is 11.7 Å². The fraction of sp³-hybridized carbons (Fsp3) is 0.533. The number of para-hydroxylation sites is 1. The van der Waals surface area contributed by atoms with E-state index in [4.69, 9.17) is 5.73 Å². The molecule has 0 radical (unpaired) electrons. The van der Waals surface area contributed by atoms with E-state index in [9.17, 15) is 4.39 Å². The Morgan fingerprint density at radius 1 is 1.47 bits per heavy atom. The van der Waals surface area contributed by atoms with Crippen molar-refractivity contribution in [3.63, 3.8) is 0 Å². The smallest absolute Gasteiger partial charge is 0.151 e. The second-order valence-corrected chi connectivity index (χ2v) is 5.49. The number of rotatable bonds is 5. The van der Waals surface area contributed by atoms with Crippen molar-refractivity contribution >= 4 is 11.0 Å². The maximum absolute atomic E-state index is 13.8. The van der Waals surface area contributed by atoms with Gasteiger partial charge < -0.3 is 10.3 Å². The summed E-state index contributed by atoms with van der Waals surface area (Å²) < 4.78 is 15.9. The number of hydrogen-bond donors (Lipinski definition) is 1. The first-order chi connectivity index (χ1) is 9.20. The molecule has 1 aromatic heterocycles. The van der Waals surface area contributed by atoms with Crippen LogP contribution >= 0.6 is 0 Å². The summed E-state index contributed by atoms with van der Waals surface area (Å²) in [5.74, 6) is 1.33. The Morgan fingerprint density at radius 2 is 2.26 bits per heavy atom. The minimum absolute atomic E-state index is 0.162. The molecule has 1 atom stereocenters. The average molecular weight is 261 g/mol. The standard InChI is InChI=1S/C15H20FN3/c1-2-8-19-13-5-3-4-11(16)15(13)18-14(19)9-12(17)10-6-7-10/h3-5,10,12H,2,6-9,17H2,1H3. The quantitative estimate of drug-likeness (QED) is 0.899. The molecule has 19 heavy (non-hydrogen) atoms. The Labute approximate surface area is 112 Å². The molecule has 1 unspecified atom stereocenters. The zero-order valence-corrected chi connectivity index (χ0v) is 11.3. The van der Waals surface area contributed by atoms with Crippen LogP contribution in [-0.2, 0) is 13.0 Å². The third-order valence-corrected chi connectivity index (χ3v) is 3.90. The average Bonchev–Trinajstić information content (AvgIpc) is 3.17. The van der Waals surface area contributed by atoms with E-state index in [1.165, 1.54) is 18.9 Å². The molecule has 0 aliphatic heterocycles. The number of nitrogens with two attached hydrogens (primary N) is 1. The van der Waals surface area contributed by atoms with Crippen LogP contribution < -0.4 is 5.73 Å². The van der Waals surface area contributed by atoms with Crippen LogP contribution in [0.1, 0.15) is 32.0 Å². The van der Waals surface area contributed by atoms with Gasteiger partial charge in [0, 0.05) is 19.0 Å². The van der Waals surface area contributed by atoms with Gasteiger partial charge in [0.25, 0.3) is 0 Å². The van der Waals surface area contributed by atoms with E-state index in [1.807, 2.05) is 6.07 Å². The summed E-state index contributed by atoms with van der Waals surface area (Å²) in [6.45, 7) is 2.99. The summed E-state index contributed by atoms with van der Waals surface area (Å²) >= 11 is 0. The molecule has 0 saturated heterocycles. The SMILES string of the molecule is CCCn1c(CC(N)C2CC2)nc2c(F)cccc21. The van der Waals surface area contributed by atoms with Crippen molar-refractivity contribution in [2.45, 2.75) is 45.2 Å². The third kappa shape index (κ3) is 2.37. The molecule has 3 nitrogen and oxygen atoms in total. The first-order valence-electron chi connectivity index (χ1n) is 7.10. The molecule has 1 heterocycles. The second kappa shape index (κ2) is 4.93.